The standard InChI is InChI=1S/C14H26N2O/c1-3-5-11-16(12-7-8-12)13(17)14(4-2)9-6-10-15-14/h12,15H,3-11H2,1-2H3. The van der Waals surface area contributed by atoms with Gasteiger partial charge >= 0.3 is 0 Å². The lowest BCUT2D eigenvalue weighted by Crippen LogP contribution is -2.55. The first-order valence-corrected chi connectivity index (χ1v) is 7.29. The molecule has 1 N–H and O–H groups in total. The molecule has 2 rings (SSSR count). The maximum atomic E-state index is 12.7. The smallest absolute Gasteiger partial charge is 0.243 e. The van der Waals surface area contributed by atoms with E-state index in [4.69, 9.17) is 0 Å². The van der Waals surface area contributed by atoms with Crippen LogP contribution in [0.25, 0.3) is 0 Å². The number of carbonyl (C=O) groups is 1. The van der Waals surface area contributed by atoms with E-state index in [0.29, 0.717) is 11.9 Å². The van der Waals surface area contributed by atoms with Crippen LogP contribution in [0.4, 0.5) is 0 Å². The summed E-state index contributed by atoms with van der Waals surface area (Å²) < 4.78 is 0. The van der Waals surface area contributed by atoms with Gasteiger partial charge in [0.25, 0.3) is 0 Å². The second kappa shape index (κ2) is 5.38. The molecule has 0 spiro atoms. The number of unbranched alkanes of at least 4 members (excludes halogenated alkanes) is 1. The molecule has 17 heavy (non-hydrogen) atoms. The van der Waals surface area contributed by atoms with Crippen molar-refractivity contribution in [2.75, 3.05) is 13.1 Å². The van der Waals surface area contributed by atoms with E-state index < -0.39 is 0 Å². The predicted octanol–water partition coefficient (Wildman–Crippen LogP) is 2.31. The van der Waals surface area contributed by atoms with Crippen molar-refractivity contribution in [3.05, 3.63) is 0 Å². The van der Waals surface area contributed by atoms with Crippen molar-refractivity contribution < 1.29 is 4.79 Å². The monoisotopic (exact) mass is 238 g/mol. The lowest BCUT2D eigenvalue weighted by Gasteiger charge is -2.34. The summed E-state index contributed by atoms with van der Waals surface area (Å²) in [6.45, 7) is 6.30. The third kappa shape index (κ3) is 2.65. The fraction of sp³-hybridized carbons (Fsp3) is 0.929. The molecular formula is C14H26N2O. The Hall–Kier alpha value is -0.570. The Morgan fingerprint density at radius 3 is 2.65 bits per heavy atom. The van der Waals surface area contributed by atoms with E-state index in [9.17, 15) is 4.79 Å². The van der Waals surface area contributed by atoms with Crippen LogP contribution >= 0.6 is 0 Å². The summed E-state index contributed by atoms with van der Waals surface area (Å²) in [5, 5.41) is 3.47. The van der Waals surface area contributed by atoms with Crippen molar-refractivity contribution in [1.29, 1.82) is 0 Å². The van der Waals surface area contributed by atoms with Gasteiger partial charge in [-0.3, -0.25) is 4.79 Å². The molecule has 1 saturated heterocycles. The Balaban J connectivity index is 2.03. The van der Waals surface area contributed by atoms with E-state index in [1.807, 2.05) is 0 Å². The highest BCUT2D eigenvalue weighted by atomic mass is 16.2. The van der Waals surface area contributed by atoms with Gasteiger partial charge in [0.1, 0.15) is 0 Å². The van der Waals surface area contributed by atoms with Crippen molar-refractivity contribution in [3.63, 3.8) is 0 Å². The van der Waals surface area contributed by atoms with Crippen molar-refractivity contribution in [2.24, 2.45) is 0 Å². The van der Waals surface area contributed by atoms with Crippen LogP contribution < -0.4 is 5.32 Å². The summed E-state index contributed by atoms with van der Waals surface area (Å²) in [7, 11) is 0. The normalized spacial score (nSPS) is 28.4. The Morgan fingerprint density at radius 1 is 1.41 bits per heavy atom. The van der Waals surface area contributed by atoms with Crippen LogP contribution in [0.5, 0.6) is 0 Å². The zero-order chi connectivity index (χ0) is 12.3. The third-order valence-corrected chi connectivity index (χ3v) is 4.26. The number of nitrogens with zero attached hydrogens (tertiary/aromatic N) is 1. The molecule has 1 aliphatic heterocycles. The third-order valence-electron chi connectivity index (χ3n) is 4.26. The molecule has 98 valence electrons. The fourth-order valence-electron chi connectivity index (χ4n) is 2.88. The van der Waals surface area contributed by atoms with E-state index in [2.05, 4.69) is 24.1 Å². The number of hydrogen-bond acceptors (Lipinski definition) is 2. The minimum Gasteiger partial charge on any atom is -0.338 e. The van der Waals surface area contributed by atoms with E-state index >= 15 is 0 Å². The van der Waals surface area contributed by atoms with Crippen molar-refractivity contribution in [1.82, 2.24) is 10.2 Å². The summed E-state index contributed by atoms with van der Waals surface area (Å²) in [6.07, 6.45) is 7.85. The second-order valence-corrected chi connectivity index (χ2v) is 5.55. The van der Waals surface area contributed by atoms with Gasteiger partial charge in [0.05, 0.1) is 5.54 Å². The molecule has 3 nitrogen and oxygen atoms in total. The van der Waals surface area contributed by atoms with Crippen molar-refractivity contribution >= 4 is 5.91 Å². The number of carbonyl (C=O) groups excluding carboxylic acids is 1. The SMILES string of the molecule is CCCCN(C(=O)C1(CC)CCCN1)C1CC1. The molecule has 2 aliphatic rings. The molecule has 1 amide bonds. The van der Waals surface area contributed by atoms with Crippen molar-refractivity contribution in [3.8, 4) is 0 Å². The Bertz CT molecular complexity index is 267. The molecule has 0 aromatic carbocycles. The Morgan fingerprint density at radius 2 is 2.18 bits per heavy atom. The fourth-order valence-corrected chi connectivity index (χ4v) is 2.88. The van der Waals surface area contributed by atoms with Crippen LogP contribution in [0.15, 0.2) is 0 Å². The molecule has 1 aliphatic carbocycles. The minimum atomic E-state index is -0.226. The summed E-state index contributed by atoms with van der Waals surface area (Å²) in [6, 6.07) is 0.555. The number of amides is 1. The lowest BCUT2D eigenvalue weighted by molar-refractivity contribution is -0.138. The van der Waals surface area contributed by atoms with Crippen LogP contribution in [-0.4, -0.2) is 35.5 Å². The largest absolute Gasteiger partial charge is 0.338 e. The second-order valence-electron chi connectivity index (χ2n) is 5.55. The first-order chi connectivity index (χ1) is 8.23. The summed E-state index contributed by atoms with van der Waals surface area (Å²) in [4.78, 5) is 14.9. The molecule has 0 radical (unpaired) electrons. The predicted molar refractivity (Wildman–Crippen MR) is 69.9 cm³/mol. The number of nitrogens with one attached hydrogen (secondary N) is 1. The zero-order valence-corrected chi connectivity index (χ0v) is 11.3. The molecular weight excluding hydrogens is 212 g/mol. The van der Waals surface area contributed by atoms with E-state index in [-0.39, 0.29) is 5.54 Å². The molecule has 1 atom stereocenters. The van der Waals surface area contributed by atoms with Gasteiger partial charge < -0.3 is 10.2 Å². The first kappa shape index (κ1) is 12.9. The molecule has 1 unspecified atom stereocenters. The van der Waals surface area contributed by atoms with E-state index in [1.165, 1.54) is 19.3 Å². The van der Waals surface area contributed by atoms with Crippen molar-refractivity contribution in [2.45, 2.75) is 70.4 Å². The number of hydrogen-bond donors (Lipinski definition) is 1. The molecule has 2 fully saturated rings. The molecule has 3 heteroatoms. The summed E-state index contributed by atoms with van der Waals surface area (Å²) in [5.41, 5.74) is -0.226. The van der Waals surface area contributed by atoms with Gasteiger partial charge in [0.2, 0.25) is 5.91 Å². The zero-order valence-electron chi connectivity index (χ0n) is 11.3. The van der Waals surface area contributed by atoms with Gasteiger partial charge in [-0.2, -0.15) is 0 Å². The van der Waals surface area contributed by atoms with Crippen LogP contribution in [0.1, 0.15) is 58.8 Å². The molecule has 1 saturated carbocycles. The van der Waals surface area contributed by atoms with Crippen LogP contribution in [0.3, 0.4) is 0 Å². The van der Waals surface area contributed by atoms with Gasteiger partial charge in [0, 0.05) is 12.6 Å². The average molecular weight is 238 g/mol. The van der Waals surface area contributed by atoms with Crippen LogP contribution in [0.2, 0.25) is 0 Å². The van der Waals surface area contributed by atoms with Gasteiger partial charge in [-0.1, -0.05) is 20.3 Å². The molecule has 0 aromatic rings. The van der Waals surface area contributed by atoms with Gasteiger partial charge in [-0.05, 0) is 45.1 Å². The van der Waals surface area contributed by atoms with E-state index in [0.717, 1.165) is 38.8 Å². The van der Waals surface area contributed by atoms with Crippen LogP contribution in [-0.2, 0) is 4.79 Å². The van der Waals surface area contributed by atoms with E-state index in [1.54, 1.807) is 0 Å². The van der Waals surface area contributed by atoms with Gasteiger partial charge in [-0.15, -0.1) is 0 Å². The molecule has 0 aromatic heterocycles. The van der Waals surface area contributed by atoms with Gasteiger partial charge in [0.15, 0.2) is 0 Å². The average Bonchev–Trinajstić information content (AvgIpc) is 3.07. The maximum absolute atomic E-state index is 12.7. The highest BCUT2D eigenvalue weighted by Gasteiger charge is 2.45. The lowest BCUT2D eigenvalue weighted by atomic mass is 9.92. The molecule has 1 heterocycles. The highest BCUT2D eigenvalue weighted by Crippen LogP contribution is 2.33. The van der Waals surface area contributed by atoms with Gasteiger partial charge in [-0.25, -0.2) is 0 Å². The summed E-state index contributed by atoms with van der Waals surface area (Å²) in [5.74, 6) is 0.383. The molecule has 0 bridgehead atoms. The topological polar surface area (TPSA) is 32.3 Å². The Kier molecular flexibility index (Phi) is 4.08. The maximum Gasteiger partial charge on any atom is 0.243 e. The highest BCUT2D eigenvalue weighted by molar-refractivity contribution is 5.87. The summed E-state index contributed by atoms with van der Waals surface area (Å²) >= 11 is 0. The van der Waals surface area contributed by atoms with Crippen LogP contribution in [0, 0.1) is 0 Å². The quantitative estimate of drug-likeness (QED) is 0.770. The number of rotatable bonds is 6. The minimum absolute atomic E-state index is 0.226. The Labute approximate surface area is 105 Å². The first-order valence-electron chi connectivity index (χ1n) is 7.29.